The Bertz CT molecular complexity index is 728. The summed E-state index contributed by atoms with van der Waals surface area (Å²) in [6, 6.07) is 13.4. The van der Waals surface area contributed by atoms with Crippen molar-refractivity contribution in [2.45, 2.75) is 38.5 Å². The monoisotopic (exact) mass is 372 g/mol. The van der Waals surface area contributed by atoms with Gasteiger partial charge >= 0.3 is 0 Å². The van der Waals surface area contributed by atoms with Crippen molar-refractivity contribution in [2.75, 3.05) is 13.2 Å². The van der Waals surface area contributed by atoms with Crippen LogP contribution < -0.4 is 0 Å². The number of rotatable bonds is 10. The Morgan fingerprint density at radius 1 is 0.778 bits per heavy atom. The van der Waals surface area contributed by atoms with Gasteiger partial charge in [0.2, 0.25) is 0 Å². The lowest BCUT2D eigenvalue weighted by atomic mass is 9.94. The van der Waals surface area contributed by atoms with Gasteiger partial charge in [0.15, 0.2) is 0 Å². The second-order valence-corrected chi connectivity index (χ2v) is 6.38. The number of nitro benzene ring substituents is 2. The average molecular weight is 372 g/mol. The summed E-state index contributed by atoms with van der Waals surface area (Å²) < 4.78 is 5.87. The SMILES string of the molecule is CCC(COCC(CC)c1ccccc1[N+](=O)[O-])c1ccccc1[N+](=O)[O-]. The Hall–Kier alpha value is -2.80. The van der Waals surface area contributed by atoms with Gasteiger partial charge in [0.1, 0.15) is 0 Å². The van der Waals surface area contributed by atoms with Crippen molar-refractivity contribution in [3.8, 4) is 0 Å². The summed E-state index contributed by atoms with van der Waals surface area (Å²) >= 11 is 0. The van der Waals surface area contributed by atoms with E-state index in [-0.39, 0.29) is 33.1 Å². The highest BCUT2D eigenvalue weighted by atomic mass is 16.6. The molecule has 0 N–H and O–H groups in total. The van der Waals surface area contributed by atoms with E-state index in [4.69, 9.17) is 4.74 Å². The van der Waals surface area contributed by atoms with Gasteiger partial charge in [0, 0.05) is 35.1 Å². The highest BCUT2D eigenvalue weighted by Gasteiger charge is 2.23. The van der Waals surface area contributed by atoms with Crippen LogP contribution in [0.15, 0.2) is 48.5 Å². The van der Waals surface area contributed by atoms with Gasteiger partial charge in [-0.3, -0.25) is 20.2 Å². The van der Waals surface area contributed by atoms with Crippen LogP contribution in [0.25, 0.3) is 0 Å². The van der Waals surface area contributed by atoms with Crippen LogP contribution in [0.3, 0.4) is 0 Å². The Morgan fingerprint density at radius 3 is 1.48 bits per heavy atom. The molecule has 0 saturated heterocycles. The number of ether oxygens (including phenoxy) is 1. The molecular formula is C20H24N2O5. The fourth-order valence-corrected chi connectivity index (χ4v) is 3.21. The summed E-state index contributed by atoms with van der Waals surface area (Å²) in [5.74, 6) is -0.204. The van der Waals surface area contributed by atoms with Crippen LogP contribution in [-0.4, -0.2) is 23.1 Å². The molecule has 0 amide bonds. The molecule has 0 fully saturated rings. The number of hydrogen-bond donors (Lipinski definition) is 0. The molecular weight excluding hydrogens is 348 g/mol. The minimum absolute atomic E-state index is 0.0960. The molecule has 144 valence electrons. The van der Waals surface area contributed by atoms with Crippen LogP contribution in [0, 0.1) is 20.2 Å². The molecule has 2 rings (SSSR count). The molecule has 2 aromatic rings. The van der Waals surface area contributed by atoms with Crippen molar-refractivity contribution >= 4 is 11.4 Å². The second-order valence-electron chi connectivity index (χ2n) is 6.38. The van der Waals surface area contributed by atoms with Gasteiger partial charge in [-0.05, 0) is 12.8 Å². The third-order valence-corrected chi connectivity index (χ3v) is 4.77. The molecule has 0 spiro atoms. The fraction of sp³-hybridized carbons (Fsp3) is 0.400. The van der Waals surface area contributed by atoms with Crippen LogP contribution >= 0.6 is 0 Å². The van der Waals surface area contributed by atoms with Gasteiger partial charge < -0.3 is 4.74 Å². The maximum atomic E-state index is 11.3. The molecule has 0 aliphatic heterocycles. The van der Waals surface area contributed by atoms with E-state index in [1.165, 1.54) is 12.1 Å². The van der Waals surface area contributed by atoms with Gasteiger partial charge in [-0.15, -0.1) is 0 Å². The normalized spacial score (nSPS) is 13.1. The zero-order chi connectivity index (χ0) is 19.8. The number of benzene rings is 2. The molecule has 27 heavy (non-hydrogen) atoms. The summed E-state index contributed by atoms with van der Waals surface area (Å²) in [4.78, 5) is 21.8. The van der Waals surface area contributed by atoms with Crippen LogP contribution in [0.2, 0.25) is 0 Å². The number of hydrogen-bond acceptors (Lipinski definition) is 5. The number of para-hydroxylation sites is 2. The van der Waals surface area contributed by atoms with Crippen molar-refractivity contribution < 1.29 is 14.6 Å². The van der Waals surface area contributed by atoms with E-state index in [0.717, 1.165) is 0 Å². The summed E-state index contributed by atoms with van der Waals surface area (Å²) in [6.07, 6.45) is 1.40. The molecule has 7 heteroatoms. The van der Waals surface area contributed by atoms with E-state index in [9.17, 15) is 20.2 Å². The predicted octanol–water partition coefficient (Wildman–Crippen LogP) is 5.21. The molecule has 2 aromatic carbocycles. The number of nitrogens with zero attached hydrogens (tertiary/aromatic N) is 2. The first-order valence-electron chi connectivity index (χ1n) is 9.03. The lowest BCUT2D eigenvalue weighted by Gasteiger charge is -2.19. The minimum Gasteiger partial charge on any atom is -0.380 e. The third kappa shape index (κ3) is 5.10. The molecule has 0 radical (unpaired) electrons. The topological polar surface area (TPSA) is 95.5 Å². The minimum atomic E-state index is -0.375. The van der Waals surface area contributed by atoms with E-state index < -0.39 is 0 Å². The van der Waals surface area contributed by atoms with E-state index >= 15 is 0 Å². The standard InChI is InChI=1S/C20H24N2O5/c1-3-15(17-9-5-7-11-19(17)21(23)24)13-27-14-16(4-2)18-10-6-8-12-20(18)22(25)26/h5-12,15-16H,3-4,13-14H2,1-2H3. The molecule has 0 bridgehead atoms. The number of nitro groups is 2. The van der Waals surface area contributed by atoms with Crippen molar-refractivity contribution in [3.05, 3.63) is 79.9 Å². The molecule has 0 aliphatic carbocycles. The Balaban J connectivity index is 2.09. The smallest absolute Gasteiger partial charge is 0.272 e. The van der Waals surface area contributed by atoms with Crippen LogP contribution in [0.1, 0.15) is 49.7 Å². The maximum absolute atomic E-state index is 11.3. The third-order valence-electron chi connectivity index (χ3n) is 4.77. The van der Waals surface area contributed by atoms with Crippen LogP contribution in [-0.2, 0) is 4.74 Å². The molecule has 0 heterocycles. The van der Waals surface area contributed by atoms with Gasteiger partial charge in [0.05, 0.1) is 23.1 Å². The first-order valence-corrected chi connectivity index (χ1v) is 9.03. The van der Waals surface area contributed by atoms with E-state index in [1.807, 2.05) is 13.8 Å². The highest BCUT2D eigenvalue weighted by Crippen LogP contribution is 2.31. The first kappa shape index (κ1) is 20.5. The maximum Gasteiger partial charge on any atom is 0.272 e. The average Bonchev–Trinajstić information content (AvgIpc) is 2.68. The van der Waals surface area contributed by atoms with Crippen molar-refractivity contribution in [1.82, 2.24) is 0 Å². The van der Waals surface area contributed by atoms with Crippen molar-refractivity contribution in [1.29, 1.82) is 0 Å². The first-order chi connectivity index (χ1) is 13.0. The van der Waals surface area contributed by atoms with E-state index in [1.54, 1.807) is 36.4 Å². The fourth-order valence-electron chi connectivity index (χ4n) is 3.21. The molecule has 0 aliphatic rings. The van der Waals surface area contributed by atoms with Gasteiger partial charge in [-0.2, -0.15) is 0 Å². The van der Waals surface area contributed by atoms with Crippen molar-refractivity contribution in [2.24, 2.45) is 0 Å². The van der Waals surface area contributed by atoms with E-state index in [2.05, 4.69) is 0 Å². The predicted molar refractivity (Wildman–Crippen MR) is 103 cm³/mol. The largest absolute Gasteiger partial charge is 0.380 e. The van der Waals surface area contributed by atoms with Gasteiger partial charge in [-0.1, -0.05) is 50.2 Å². The van der Waals surface area contributed by atoms with Gasteiger partial charge in [-0.25, -0.2) is 0 Å². The zero-order valence-electron chi connectivity index (χ0n) is 15.5. The molecule has 0 saturated carbocycles. The van der Waals surface area contributed by atoms with Crippen molar-refractivity contribution in [3.63, 3.8) is 0 Å². The lowest BCUT2D eigenvalue weighted by molar-refractivity contribution is -0.385. The highest BCUT2D eigenvalue weighted by molar-refractivity contribution is 5.43. The second kappa shape index (κ2) is 9.78. The molecule has 7 nitrogen and oxygen atoms in total. The Labute approximate surface area is 158 Å². The van der Waals surface area contributed by atoms with E-state index in [0.29, 0.717) is 37.2 Å². The zero-order valence-corrected chi connectivity index (χ0v) is 15.5. The van der Waals surface area contributed by atoms with Gasteiger partial charge in [0.25, 0.3) is 11.4 Å². The molecule has 0 aromatic heterocycles. The summed E-state index contributed by atoms with van der Waals surface area (Å²) in [6.45, 7) is 4.59. The summed E-state index contributed by atoms with van der Waals surface area (Å²) in [7, 11) is 0. The summed E-state index contributed by atoms with van der Waals surface area (Å²) in [5, 5.41) is 22.5. The molecule has 2 unspecified atom stereocenters. The quantitative estimate of drug-likeness (QED) is 0.421. The van der Waals surface area contributed by atoms with Crippen LogP contribution in [0.4, 0.5) is 11.4 Å². The Kier molecular flexibility index (Phi) is 7.43. The summed E-state index contributed by atoms with van der Waals surface area (Å²) in [5.41, 5.74) is 1.50. The lowest BCUT2D eigenvalue weighted by Crippen LogP contribution is -2.14. The Morgan fingerprint density at radius 2 is 1.15 bits per heavy atom. The van der Waals surface area contributed by atoms with Crippen LogP contribution in [0.5, 0.6) is 0 Å². The molecule has 2 atom stereocenters.